The number of nitrogens with zero attached hydrogens (tertiary/aromatic N) is 2. The maximum atomic E-state index is 11.9. The minimum atomic E-state index is 0.139. The van der Waals surface area contributed by atoms with E-state index in [1.54, 1.807) is 0 Å². The number of alkyl halides is 1. The minimum absolute atomic E-state index is 0.139. The van der Waals surface area contributed by atoms with E-state index in [1.807, 2.05) is 11.6 Å². The fourth-order valence-electron chi connectivity index (χ4n) is 2.32. The van der Waals surface area contributed by atoms with E-state index in [-0.39, 0.29) is 5.56 Å². The topological polar surface area (TPSA) is 25.2 Å². The lowest BCUT2D eigenvalue weighted by Crippen LogP contribution is -2.35. The van der Waals surface area contributed by atoms with Crippen LogP contribution in [0.5, 0.6) is 0 Å². The molecule has 1 aromatic heterocycles. The van der Waals surface area contributed by atoms with Crippen LogP contribution in [0.4, 0.5) is 0 Å². The van der Waals surface area contributed by atoms with Crippen molar-refractivity contribution >= 4 is 15.9 Å². The normalized spacial score (nSPS) is 16.2. The summed E-state index contributed by atoms with van der Waals surface area (Å²) in [6, 6.07) is 2.06. The second-order valence-corrected chi connectivity index (χ2v) is 4.82. The van der Waals surface area contributed by atoms with Gasteiger partial charge in [-0.15, -0.1) is 0 Å². The molecule has 0 aromatic carbocycles. The number of hydrogen-bond donors (Lipinski definition) is 0. The highest BCUT2D eigenvalue weighted by molar-refractivity contribution is 9.08. The number of aromatic nitrogens is 1. The van der Waals surface area contributed by atoms with Crippen molar-refractivity contribution in [3.8, 4) is 0 Å². The van der Waals surface area contributed by atoms with Gasteiger partial charge in [0.15, 0.2) is 0 Å². The van der Waals surface area contributed by atoms with E-state index in [9.17, 15) is 4.79 Å². The van der Waals surface area contributed by atoms with E-state index >= 15 is 0 Å². The van der Waals surface area contributed by atoms with Crippen LogP contribution in [0.2, 0.25) is 0 Å². The second kappa shape index (κ2) is 4.72. The van der Waals surface area contributed by atoms with Crippen molar-refractivity contribution in [2.75, 3.05) is 13.1 Å². The molecule has 1 aromatic rings. The van der Waals surface area contributed by atoms with E-state index in [0.717, 1.165) is 31.6 Å². The molecular weight excluding hydrogens is 268 g/mol. The largest absolute Gasteiger partial charge is 0.315 e. The van der Waals surface area contributed by atoms with Gasteiger partial charge in [0, 0.05) is 43.1 Å². The number of halogens is 1. The lowest BCUT2D eigenvalue weighted by atomic mass is 10.0. The number of fused-ring (bicyclic) bond motifs is 1. The summed E-state index contributed by atoms with van der Waals surface area (Å²) in [5.41, 5.74) is 3.52. The summed E-state index contributed by atoms with van der Waals surface area (Å²) in [5.74, 6) is 0. The third-order valence-electron chi connectivity index (χ3n) is 3.35. The molecule has 4 heteroatoms. The molecule has 0 atom stereocenters. The molecule has 0 N–H and O–H groups in total. The summed E-state index contributed by atoms with van der Waals surface area (Å²) in [5, 5.41) is 0.638. The number of likely N-dealkylation sites (N-methyl/N-ethyl adjacent to an activating group) is 1. The smallest absolute Gasteiger partial charge is 0.254 e. The first-order chi connectivity index (χ1) is 7.67. The van der Waals surface area contributed by atoms with Crippen LogP contribution in [-0.4, -0.2) is 22.6 Å². The Morgan fingerprint density at radius 2 is 2.25 bits per heavy atom. The van der Waals surface area contributed by atoms with Crippen LogP contribution in [-0.2, 0) is 25.3 Å². The molecule has 2 rings (SSSR count). The maximum absolute atomic E-state index is 11.9. The Labute approximate surface area is 104 Å². The zero-order chi connectivity index (χ0) is 11.7. The van der Waals surface area contributed by atoms with Crippen molar-refractivity contribution in [3.05, 3.63) is 33.2 Å². The molecule has 88 valence electrons. The summed E-state index contributed by atoms with van der Waals surface area (Å²) >= 11 is 3.38. The third kappa shape index (κ3) is 1.96. The fraction of sp³-hybridized carbons (Fsp3) is 0.583. The van der Waals surface area contributed by atoms with Crippen LogP contribution in [0.3, 0.4) is 0 Å². The van der Waals surface area contributed by atoms with Gasteiger partial charge < -0.3 is 4.57 Å². The van der Waals surface area contributed by atoms with Gasteiger partial charge in [0.2, 0.25) is 0 Å². The van der Waals surface area contributed by atoms with Crippen LogP contribution in [0.25, 0.3) is 0 Å². The molecule has 1 aliphatic rings. The predicted molar refractivity (Wildman–Crippen MR) is 69.0 cm³/mol. The molecule has 0 saturated carbocycles. The summed E-state index contributed by atoms with van der Waals surface area (Å²) < 4.78 is 1.82. The first-order valence-electron chi connectivity index (χ1n) is 5.66. The molecule has 3 nitrogen and oxygen atoms in total. The summed E-state index contributed by atoms with van der Waals surface area (Å²) in [6.07, 6.45) is 0.984. The molecule has 0 amide bonds. The van der Waals surface area contributed by atoms with Gasteiger partial charge in [-0.2, -0.15) is 0 Å². The van der Waals surface area contributed by atoms with Gasteiger partial charge in [0.05, 0.1) is 0 Å². The molecule has 1 aliphatic heterocycles. The van der Waals surface area contributed by atoms with Gasteiger partial charge in [-0.05, 0) is 18.2 Å². The van der Waals surface area contributed by atoms with Gasteiger partial charge >= 0.3 is 0 Å². The summed E-state index contributed by atoms with van der Waals surface area (Å²) in [7, 11) is 1.88. The second-order valence-electron chi connectivity index (χ2n) is 4.26. The Morgan fingerprint density at radius 1 is 1.50 bits per heavy atom. The van der Waals surface area contributed by atoms with E-state index in [4.69, 9.17) is 0 Å². The van der Waals surface area contributed by atoms with Gasteiger partial charge in [-0.1, -0.05) is 22.9 Å². The Kier molecular flexibility index (Phi) is 3.50. The number of rotatable bonds is 2. The van der Waals surface area contributed by atoms with Crippen molar-refractivity contribution in [3.63, 3.8) is 0 Å². The first-order valence-corrected chi connectivity index (χ1v) is 6.78. The lowest BCUT2D eigenvalue weighted by Gasteiger charge is -2.29. The Balaban J connectivity index is 2.49. The van der Waals surface area contributed by atoms with Crippen molar-refractivity contribution in [2.45, 2.75) is 25.2 Å². The molecule has 0 bridgehead atoms. The average molecular weight is 285 g/mol. The molecule has 16 heavy (non-hydrogen) atoms. The molecule has 0 saturated heterocycles. The van der Waals surface area contributed by atoms with Crippen molar-refractivity contribution in [1.29, 1.82) is 0 Å². The van der Waals surface area contributed by atoms with E-state index in [1.165, 1.54) is 11.3 Å². The lowest BCUT2D eigenvalue weighted by molar-refractivity contribution is 0.262. The monoisotopic (exact) mass is 284 g/mol. The number of hydrogen-bond acceptors (Lipinski definition) is 2. The average Bonchev–Trinajstić information content (AvgIpc) is 2.33. The Morgan fingerprint density at radius 3 is 2.88 bits per heavy atom. The fourth-order valence-corrected chi connectivity index (χ4v) is 2.73. The van der Waals surface area contributed by atoms with Crippen molar-refractivity contribution in [2.24, 2.45) is 7.05 Å². The highest BCUT2D eigenvalue weighted by atomic mass is 79.9. The molecule has 0 spiro atoms. The van der Waals surface area contributed by atoms with Gasteiger partial charge in [-0.25, -0.2) is 0 Å². The Hall–Kier alpha value is -0.610. The molecular formula is C12H17BrN2O. The van der Waals surface area contributed by atoms with Crippen molar-refractivity contribution < 1.29 is 0 Å². The molecule has 0 fully saturated rings. The standard InChI is InChI=1S/C12H17BrN2O/c1-3-15-5-4-11-10(8-15)6-9(7-13)12(16)14(11)2/h6H,3-5,7-8H2,1-2H3. The van der Waals surface area contributed by atoms with Crippen LogP contribution < -0.4 is 5.56 Å². The predicted octanol–water partition coefficient (Wildman–Crippen LogP) is 1.66. The Bertz CT molecular complexity index is 453. The van der Waals surface area contributed by atoms with Crippen LogP contribution >= 0.6 is 15.9 Å². The molecule has 2 heterocycles. The quantitative estimate of drug-likeness (QED) is 0.772. The zero-order valence-corrected chi connectivity index (χ0v) is 11.4. The third-order valence-corrected chi connectivity index (χ3v) is 3.96. The SMILES string of the molecule is CCN1CCc2c(cc(CBr)c(=O)n2C)C1. The van der Waals surface area contributed by atoms with Gasteiger partial charge in [0.1, 0.15) is 0 Å². The highest BCUT2D eigenvalue weighted by Gasteiger charge is 2.19. The van der Waals surface area contributed by atoms with Gasteiger partial charge in [0.25, 0.3) is 5.56 Å². The van der Waals surface area contributed by atoms with Crippen LogP contribution in [0.15, 0.2) is 10.9 Å². The van der Waals surface area contributed by atoms with Crippen LogP contribution in [0, 0.1) is 0 Å². The van der Waals surface area contributed by atoms with E-state index in [2.05, 4.69) is 33.8 Å². The van der Waals surface area contributed by atoms with Gasteiger partial charge in [-0.3, -0.25) is 9.69 Å². The van der Waals surface area contributed by atoms with E-state index in [0.29, 0.717) is 5.33 Å². The maximum Gasteiger partial charge on any atom is 0.254 e. The number of pyridine rings is 1. The highest BCUT2D eigenvalue weighted by Crippen LogP contribution is 2.18. The van der Waals surface area contributed by atoms with E-state index < -0.39 is 0 Å². The summed E-state index contributed by atoms with van der Waals surface area (Å²) in [4.78, 5) is 14.3. The van der Waals surface area contributed by atoms with Crippen LogP contribution in [0.1, 0.15) is 23.7 Å². The molecule has 0 radical (unpaired) electrons. The zero-order valence-electron chi connectivity index (χ0n) is 9.79. The molecule has 0 aliphatic carbocycles. The molecule has 0 unspecified atom stereocenters. The minimum Gasteiger partial charge on any atom is -0.315 e. The van der Waals surface area contributed by atoms with Crippen molar-refractivity contribution in [1.82, 2.24) is 9.47 Å². The summed E-state index contributed by atoms with van der Waals surface area (Å²) in [6.45, 7) is 5.29. The first kappa shape index (κ1) is 11.9.